The van der Waals surface area contributed by atoms with Crippen LogP contribution in [-0.4, -0.2) is 48.4 Å². The molecule has 0 bridgehead atoms. The van der Waals surface area contributed by atoms with Crippen LogP contribution >= 0.6 is 0 Å². The number of methoxy groups -OCH3 is 1. The summed E-state index contributed by atoms with van der Waals surface area (Å²) in [5.41, 5.74) is 2.13. The van der Waals surface area contributed by atoms with Crippen LogP contribution in [-0.2, 0) is 6.54 Å². The molecule has 0 spiro atoms. The van der Waals surface area contributed by atoms with E-state index >= 15 is 0 Å². The summed E-state index contributed by atoms with van der Waals surface area (Å²) in [6.45, 7) is 3.26. The zero-order chi connectivity index (χ0) is 16.6. The van der Waals surface area contributed by atoms with Crippen molar-refractivity contribution in [3.8, 4) is 11.5 Å². The lowest BCUT2D eigenvalue weighted by molar-refractivity contribution is 0.0456. The van der Waals surface area contributed by atoms with Crippen molar-refractivity contribution in [2.24, 2.45) is 5.41 Å². The van der Waals surface area contributed by atoms with E-state index in [1.54, 1.807) is 13.3 Å². The Morgan fingerprint density at radius 2 is 2.33 bits per heavy atom. The first-order chi connectivity index (χ1) is 11.7. The van der Waals surface area contributed by atoms with Crippen LogP contribution in [0.5, 0.6) is 11.5 Å². The van der Waals surface area contributed by atoms with Crippen molar-refractivity contribution in [2.45, 2.75) is 12.5 Å². The lowest BCUT2D eigenvalue weighted by atomic mass is 9.74. The van der Waals surface area contributed by atoms with Gasteiger partial charge in [0.1, 0.15) is 11.5 Å². The average molecular weight is 326 g/mol. The first-order valence-corrected chi connectivity index (χ1v) is 8.27. The van der Waals surface area contributed by atoms with E-state index in [4.69, 9.17) is 9.47 Å². The fourth-order valence-electron chi connectivity index (χ4n) is 4.00. The third kappa shape index (κ3) is 2.54. The minimum atomic E-state index is -0.232. The van der Waals surface area contributed by atoms with E-state index in [1.807, 2.05) is 24.4 Å². The first kappa shape index (κ1) is 15.4. The van der Waals surface area contributed by atoms with Gasteiger partial charge in [-0.25, -0.2) is 0 Å². The second-order valence-corrected chi connectivity index (χ2v) is 6.80. The summed E-state index contributed by atoms with van der Waals surface area (Å²) in [7, 11) is 1.66. The predicted octanol–water partition coefficient (Wildman–Crippen LogP) is 2.06. The largest absolute Gasteiger partial charge is 0.497 e. The monoisotopic (exact) mass is 326 g/mol. The normalized spacial score (nSPS) is 25.7. The topological polar surface area (TPSA) is 54.8 Å². The number of rotatable bonds is 4. The minimum absolute atomic E-state index is 0.132. The molecule has 0 aliphatic carbocycles. The Balaban J connectivity index is 1.61. The number of aromatic nitrogens is 1. The van der Waals surface area contributed by atoms with Gasteiger partial charge in [0.05, 0.1) is 20.3 Å². The number of pyridine rings is 1. The van der Waals surface area contributed by atoms with Crippen molar-refractivity contribution in [2.75, 3.05) is 33.4 Å². The molecule has 5 heteroatoms. The highest BCUT2D eigenvalue weighted by molar-refractivity contribution is 5.46. The summed E-state index contributed by atoms with van der Waals surface area (Å²) >= 11 is 0. The van der Waals surface area contributed by atoms with Gasteiger partial charge in [0, 0.05) is 49.4 Å². The van der Waals surface area contributed by atoms with Crippen molar-refractivity contribution in [3.63, 3.8) is 0 Å². The highest BCUT2D eigenvalue weighted by atomic mass is 16.5. The van der Waals surface area contributed by atoms with Crippen LogP contribution in [0, 0.1) is 5.41 Å². The molecule has 24 heavy (non-hydrogen) atoms. The number of benzene rings is 1. The van der Waals surface area contributed by atoms with Crippen LogP contribution in [0.2, 0.25) is 0 Å². The molecule has 2 aliphatic rings. The van der Waals surface area contributed by atoms with Crippen LogP contribution in [0.25, 0.3) is 0 Å². The molecule has 1 aromatic heterocycles. The molecule has 3 heterocycles. The maximum atomic E-state index is 10.1. The first-order valence-electron chi connectivity index (χ1n) is 8.27. The molecular formula is C19H22N2O3. The van der Waals surface area contributed by atoms with Crippen molar-refractivity contribution in [3.05, 3.63) is 53.9 Å². The van der Waals surface area contributed by atoms with E-state index < -0.39 is 0 Å². The lowest BCUT2D eigenvalue weighted by Gasteiger charge is -2.38. The van der Waals surface area contributed by atoms with E-state index in [9.17, 15) is 5.11 Å². The molecule has 5 nitrogen and oxygen atoms in total. The van der Waals surface area contributed by atoms with Gasteiger partial charge in [-0.1, -0.05) is 12.1 Å². The molecule has 2 atom stereocenters. The molecule has 1 N–H and O–H groups in total. The third-order valence-corrected chi connectivity index (χ3v) is 5.27. The Kier molecular flexibility index (Phi) is 3.90. The number of likely N-dealkylation sites (tertiary alicyclic amines) is 1. The number of aliphatic hydroxyl groups is 1. The van der Waals surface area contributed by atoms with Gasteiger partial charge in [0.25, 0.3) is 0 Å². The molecule has 0 radical (unpaired) electrons. The molecule has 0 amide bonds. The molecule has 1 fully saturated rings. The Morgan fingerprint density at radius 3 is 3.08 bits per heavy atom. The zero-order valence-corrected chi connectivity index (χ0v) is 13.8. The van der Waals surface area contributed by atoms with Crippen molar-refractivity contribution >= 4 is 0 Å². The summed E-state index contributed by atoms with van der Waals surface area (Å²) < 4.78 is 11.3. The zero-order valence-electron chi connectivity index (χ0n) is 13.8. The van der Waals surface area contributed by atoms with Crippen LogP contribution in [0.4, 0.5) is 0 Å². The smallest absolute Gasteiger partial charge is 0.126 e. The van der Waals surface area contributed by atoms with E-state index in [-0.39, 0.29) is 17.9 Å². The van der Waals surface area contributed by atoms with Gasteiger partial charge in [-0.2, -0.15) is 0 Å². The maximum Gasteiger partial charge on any atom is 0.126 e. The minimum Gasteiger partial charge on any atom is -0.497 e. The number of hydrogen-bond donors (Lipinski definition) is 1. The highest BCUT2D eigenvalue weighted by Crippen LogP contribution is 2.50. The molecule has 1 aromatic carbocycles. The van der Waals surface area contributed by atoms with Gasteiger partial charge < -0.3 is 14.6 Å². The fourth-order valence-corrected chi connectivity index (χ4v) is 4.00. The van der Waals surface area contributed by atoms with E-state index in [0.717, 1.165) is 31.1 Å². The Hall–Kier alpha value is -2.11. The Morgan fingerprint density at radius 1 is 1.42 bits per heavy atom. The number of hydrogen-bond acceptors (Lipinski definition) is 5. The van der Waals surface area contributed by atoms with Gasteiger partial charge in [0.15, 0.2) is 0 Å². The molecular weight excluding hydrogens is 304 g/mol. The SMILES string of the molecule is COc1ccc2c(c1)OC[C@]1(CO)CN(Cc3cccnc3)C[C@H]21. The van der Waals surface area contributed by atoms with Gasteiger partial charge in [-0.15, -0.1) is 0 Å². The van der Waals surface area contributed by atoms with Crippen LogP contribution < -0.4 is 9.47 Å². The molecule has 2 aromatic rings. The van der Waals surface area contributed by atoms with E-state index in [1.165, 1.54) is 11.1 Å². The predicted molar refractivity (Wildman–Crippen MR) is 90.3 cm³/mol. The quantitative estimate of drug-likeness (QED) is 0.932. The second kappa shape index (κ2) is 6.07. The lowest BCUT2D eigenvalue weighted by Crippen LogP contribution is -2.42. The second-order valence-electron chi connectivity index (χ2n) is 6.80. The average Bonchev–Trinajstić information content (AvgIpc) is 3.01. The summed E-state index contributed by atoms with van der Waals surface area (Å²) in [4.78, 5) is 6.58. The highest BCUT2D eigenvalue weighted by Gasteiger charge is 2.50. The summed E-state index contributed by atoms with van der Waals surface area (Å²) in [5.74, 6) is 1.95. The molecule has 126 valence electrons. The number of nitrogens with zero attached hydrogens (tertiary/aromatic N) is 2. The number of ether oxygens (including phenoxy) is 2. The summed E-state index contributed by atoms with van der Waals surface area (Å²) in [6.07, 6.45) is 3.70. The summed E-state index contributed by atoms with van der Waals surface area (Å²) in [5, 5.41) is 10.1. The van der Waals surface area contributed by atoms with Crippen LogP contribution in [0.15, 0.2) is 42.7 Å². The van der Waals surface area contributed by atoms with Gasteiger partial charge in [0.2, 0.25) is 0 Å². The van der Waals surface area contributed by atoms with Crippen LogP contribution in [0.1, 0.15) is 17.0 Å². The molecule has 2 aliphatic heterocycles. The molecule has 0 saturated carbocycles. The van der Waals surface area contributed by atoms with E-state index in [2.05, 4.69) is 22.0 Å². The van der Waals surface area contributed by atoms with Crippen LogP contribution in [0.3, 0.4) is 0 Å². The standard InChI is InChI=1S/C19H22N2O3/c1-23-15-4-5-16-17-10-21(9-14-3-2-6-20-8-14)11-19(17,12-22)13-24-18(16)7-15/h2-8,17,22H,9-13H2,1H3/t17-,19-/m1/s1. The van der Waals surface area contributed by atoms with Gasteiger partial charge in [-0.3, -0.25) is 9.88 Å². The van der Waals surface area contributed by atoms with Crippen molar-refractivity contribution in [1.82, 2.24) is 9.88 Å². The fraction of sp³-hybridized carbons (Fsp3) is 0.421. The van der Waals surface area contributed by atoms with Gasteiger partial charge in [-0.05, 0) is 23.3 Å². The van der Waals surface area contributed by atoms with Crippen molar-refractivity contribution < 1.29 is 14.6 Å². The van der Waals surface area contributed by atoms with E-state index in [0.29, 0.717) is 6.61 Å². The van der Waals surface area contributed by atoms with Gasteiger partial charge >= 0.3 is 0 Å². The molecule has 0 unspecified atom stereocenters. The Labute approximate surface area is 141 Å². The Bertz CT molecular complexity index is 722. The molecule has 4 rings (SSSR count). The maximum absolute atomic E-state index is 10.1. The third-order valence-electron chi connectivity index (χ3n) is 5.27. The number of aliphatic hydroxyl groups excluding tert-OH is 1. The number of fused-ring (bicyclic) bond motifs is 3. The summed E-state index contributed by atoms with van der Waals surface area (Å²) in [6, 6.07) is 10.1. The van der Waals surface area contributed by atoms with Crippen molar-refractivity contribution in [1.29, 1.82) is 0 Å². The molecule has 1 saturated heterocycles.